The van der Waals surface area contributed by atoms with E-state index >= 15 is 0 Å². The Balaban J connectivity index is 1.61. The monoisotopic (exact) mass is 398 g/mol. The van der Waals surface area contributed by atoms with Gasteiger partial charge in [0.25, 0.3) is 0 Å². The van der Waals surface area contributed by atoms with Gasteiger partial charge in [-0.05, 0) is 55.0 Å². The molecule has 0 aliphatic rings. The number of aromatic nitrogens is 1. The lowest BCUT2D eigenvalue weighted by Gasteiger charge is -2.07. The number of rotatable bonds is 4. The number of hydrogen-bond donors (Lipinski definition) is 2. The first-order valence-electron chi connectivity index (χ1n) is 8.28. The van der Waals surface area contributed by atoms with Crippen molar-refractivity contribution in [2.24, 2.45) is 5.10 Å². The van der Waals surface area contributed by atoms with Crippen molar-refractivity contribution in [1.29, 1.82) is 0 Å². The highest BCUT2D eigenvalue weighted by Gasteiger charge is 2.14. The minimum absolute atomic E-state index is 0.157. The van der Waals surface area contributed by atoms with Gasteiger partial charge in [-0.2, -0.15) is 5.10 Å². The van der Waals surface area contributed by atoms with Crippen molar-refractivity contribution in [3.8, 4) is 5.69 Å². The lowest BCUT2D eigenvalue weighted by molar-refractivity contribution is -0.136. The van der Waals surface area contributed by atoms with Crippen LogP contribution in [0.25, 0.3) is 5.69 Å². The third-order valence-electron chi connectivity index (χ3n) is 3.90. The summed E-state index contributed by atoms with van der Waals surface area (Å²) in [6.45, 7) is 1.71. The van der Waals surface area contributed by atoms with Crippen molar-refractivity contribution in [2.75, 3.05) is 5.32 Å². The van der Waals surface area contributed by atoms with Gasteiger partial charge in [-0.15, -0.1) is 0 Å². The highest BCUT2D eigenvalue weighted by molar-refractivity contribution is 6.40. The van der Waals surface area contributed by atoms with Gasteiger partial charge in [-0.25, -0.2) is 9.82 Å². The predicted octanol–water partition coefficient (Wildman–Crippen LogP) is 3.75. The molecule has 2 aromatic carbocycles. The third-order valence-corrected chi connectivity index (χ3v) is 4.19. The summed E-state index contributed by atoms with van der Waals surface area (Å²) in [5.41, 5.74) is 4.71. The van der Waals surface area contributed by atoms with Gasteiger partial charge in [0.2, 0.25) is 0 Å². The Morgan fingerprint density at radius 2 is 1.71 bits per heavy atom. The molecular weight excluding hydrogens is 383 g/mol. The van der Waals surface area contributed by atoms with Crippen LogP contribution in [-0.4, -0.2) is 22.1 Å². The van der Waals surface area contributed by atoms with Crippen molar-refractivity contribution in [2.45, 2.75) is 6.92 Å². The maximum atomic E-state index is 13.1. The average molecular weight is 399 g/mol. The Morgan fingerprint density at radius 3 is 2.36 bits per heavy atom. The summed E-state index contributed by atoms with van der Waals surface area (Å²) < 4.78 is 15.1. The van der Waals surface area contributed by atoms with E-state index in [9.17, 15) is 14.0 Å². The molecule has 142 valence electrons. The van der Waals surface area contributed by atoms with Gasteiger partial charge < -0.3 is 9.88 Å². The minimum Gasteiger partial charge on any atom is -0.324 e. The number of carbonyl (C=O) groups is 2. The maximum absolute atomic E-state index is 13.1. The second kappa shape index (κ2) is 8.49. The smallest absolute Gasteiger partial charge is 0.324 e. The summed E-state index contributed by atoms with van der Waals surface area (Å²) in [6.07, 6.45) is 3.87. The van der Waals surface area contributed by atoms with E-state index in [1.54, 1.807) is 6.92 Å². The third kappa shape index (κ3) is 4.63. The Kier molecular flexibility index (Phi) is 5.86. The average Bonchev–Trinajstić information content (AvgIpc) is 3.23. The van der Waals surface area contributed by atoms with Crippen LogP contribution in [0.5, 0.6) is 0 Å². The van der Waals surface area contributed by atoms with E-state index in [1.807, 2.05) is 53.4 Å². The lowest BCUT2D eigenvalue weighted by atomic mass is 10.1. The van der Waals surface area contributed by atoms with Gasteiger partial charge in [-0.3, -0.25) is 9.59 Å². The molecule has 6 nitrogen and oxygen atoms in total. The highest BCUT2D eigenvalue weighted by atomic mass is 35.5. The number of nitrogens with zero attached hydrogens (tertiary/aromatic N) is 2. The van der Waals surface area contributed by atoms with Crippen LogP contribution in [0.1, 0.15) is 12.5 Å². The number of halogens is 2. The molecule has 0 aliphatic heterocycles. The standard InChI is InChI=1S/C20H16ClFN4O2/c1-13(14-4-7-16(8-5-14)26-10-2-3-11-26)24-25-20(28)19(27)23-15-6-9-18(22)17(21)12-15/h2-12H,1H3,(H,23,27)(H,25,28)/b24-13+. The summed E-state index contributed by atoms with van der Waals surface area (Å²) >= 11 is 5.64. The fourth-order valence-corrected chi connectivity index (χ4v) is 2.57. The molecule has 0 fully saturated rings. The van der Waals surface area contributed by atoms with Gasteiger partial charge in [0.15, 0.2) is 0 Å². The number of anilines is 1. The summed E-state index contributed by atoms with van der Waals surface area (Å²) in [6, 6.07) is 15.0. The van der Waals surface area contributed by atoms with Crippen LogP contribution in [0.2, 0.25) is 5.02 Å². The van der Waals surface area contributed by atoms with E-state index in [0.29, 0.717) is 5.71 Å². The van der Waals surface area contributed by atoms with Crippen LogP contribution in [0, 0.1) is 5.82 Å². The molecule has 0 bridgehead atoms. The molecule has 0 saturated heterocycles. The van der Waals surface area contributed by atoms with Crippen molar-refractivity contribution >= 4 is 34.8 Å². The van der Waals surface area contributed by atoms with Gasteiger partial charge in [-0.1, -0.05) is 23.7 Å². The molecule has 0 atom stereocenters. The molecule has 2 amide bonds. The Morgan fingerprint density at radius 1 is 1.04 bits per heavy atom. The van der Waals surface area contributed by atoms with Crippen molar-refractivity contribution in [3.05, 3.63) is 83.4 Å². The first-order valence-corrected chi connectivity index (χ1v) is 8.66. The molecule has 2 N–H and O–H groups in total. The normalized spacial score (nSPS) is 11.2. The molecule has 1 aromatic heterocycles. The first-order chi connectivity index (χ1) is 13.4. The number of benzene rings is 2. The van der Waals surface area contributed by atoms with E-state index in [2.05, 4.69) is 15.8 Å². The molecule has 0 saturated carbocycles. The predicted molar refractivity (Wildman–Crippen MR) is 106 cm³/mol. The topological polar surface area (TPSA) is 75.5 Å². The highest BCUT2D eigenvalue weighted by Crippen LogP contribution is 2.19. The molecule has 0 unspecified atom stereocenters. The van der Waals surface area contributed by atoms with Crippen molar-refractivity contribution in [3.63, 3.8) is 0 Å². The SMILES string of the molecule is C/C(=N\NC(=O)C(=O)Nc1ccc(F)c(Cl)c1)c1ccc(-n2cccc2)cc1. The van der Waals surface area contributed by atoms with Gasteiger partial charge in [0.05, 0.1) is 10.7 Å². The van der Waals surface area contributed by atoms with Gasteiger partial charge in [0, 0.05) is 23.8 Å². The number of carbonyl (C=O) groups excluding carboxylic acids is 2. The summed E-state index contributed by atoms with van der Waals surface area (Å²) in [4.78, 5) is 23.8. The maximum Gasteiger partial charge on any atom is 0.329 e. The quantitative estimate of drug-likeness (QED) is 0.399. The van der Waals surface area contributed by atoms with Crippen LogP contribution in [0.4, 0.5) is 10.1 Å². The molecule has 1 heterocycles. The zero-order valence-corrected chi connectivity index (χ0v) is 15.6. The fraction of sp³-hybridized carbons (Fsp3) is 0.0500. The molecule has 0 spiro atoms. The van der Waals surface area contributed by atoms with E-state index in [1.165, 1.54) is 12.1 Å². The van der Waals surface area contributed by atoms with Crippen LogP contribution < -0.4 is 10.7 Å². The summed E-state index contributed by atoms with van der Waals surface area (Å²) in [5.74, 6) is -2.52. The van der Waals surface area contributed by atoms with Crippen LogP contribution in [0.3, 0.4) is 0 Å². The first kappa shape index (κ1) is 19.3. The zero-order valence-electron chi connectivity index (χ0n) is 14.8. The molecular formula is C20H16ClFN4O2. The van der Waals surface area contributed by atoms with Gasteiger partial charge >= 0.3 is 11.8 Å². The number of nitrogens with one attached hydrogen (secondary N) is 2. The van der Waals surface area contributed by atoms with E-state index < -0.39 is 17.6 Å². The molecule has 0 radical (unpaired) electrons. The van der Waals surface area contributed by atoms with Gasteiger partial charge in [0.1, 0.15) is 5.82 Å². The van der Waals surface area contributed by atoms with Crippen LogP contribution in [-0.2, 0) is 9.59 Å². The van der Waals surface area contributed by atoms with Crippen LogP contribution >= 0.6 is 11.6 Å². The summed E-state index contributed by atoms with van der Waals surface area (Å²) in [7, 11) is 0. The zero-order chi connectivity index (χ0) is 20.1. The van der Waals surface area contributed by atoms with E-state index in [4.69, 9.17) is 11.6 Å². The number of hydrogen-bond acceptors (Lipinski definition) is 3. The second-order valence-electron chi connectivity index (χ2n) is 5.86. The van der Waals surface area contributed by atoms with Crippen LogP contribution in [0.15, 0.2) is 72.1 Å². The Hall–Kier alpha value is -3.45. The molecule has 3 rings (SSSR count). The van der Waals surface area contributed by atoms with E-state index in [-0.39, 0.29) is 10.7 Å². The molecule has 8 heteroatoms. The van der Waals surface area contributed by atoms with Crippen molar-refractivity contribution in [1.82, 2.24) is 9.99 Å². The lowest BCUT2D eigenvalue weighted by Crippen LogP contribution is -2.32. The summed E-state index contributed by atoms with van der Waals surface area (Å²) in [5, 5.41) is 6.11. The fourth-order valence-electron chi connectivity index (χ4n) is 2.39. The molecule has 3 aromatic rings. The number of hydrazone groups is 1. The largest absolute Gasteiger partial charge is 0.329 e. The number of amides is 2. The molecule has 0 aliphatic carbocycles. The Bertz CT molecular complexity index is 1030. The van der Waals surface area contributed by atoms with E-state index in [0.717, 1.165) is 17.3 Å². The second-order valence-corrected chi connectivity index (χ2v) is 6.27. The van der Waals surface area contributed by atoms with Crippen molar-refractivity contribution < 1.29 is 14.0 Å². The minimum atomic E-state index is -0.955. The Labute approximate surface area is 165 Å². The molecule has 28 heavy (non-hydrogen) atoms.